The van der Waals surface area contributed by atoms with Crippen LogP contribution >= 0.6 is 0 Å². The van der Waals surface area contributed by atoms with Gasteiger partial charge in [0.2, 0.25) is 0 Å². The predicted octanol–water partition coefficient (Wildman–Crippen LogP) is 4.37. The molecule has 5 nitrogen and oxygen atoms in total. The quantitative estimate of drug-likeness (QED) is 0.707. The maximum absolute atomic E-state index is 12.6. The van der Waals surface area contributed by atoms with Crippen LogP contribution in [0, 0.1) is 13.8 Å². The number of hydrogen-bond donors (Lipinski definition) is 1. The fourth-order valence-electron chi connectivity index (χ4n) is 3.05. The van der Waals surface area contributed by atoms with Gasteiger partial charge >= 0.3 is 0 Å². The molecule has 1 N–H and O–H groups in total. The van der Waals surface area contributed by atoms with Crippen LogP contribution in [0.3, 0.4) is 0 Å². The second kappa shape index (κ2) is 8.08. The summed E-state index contributed by atoms with van der Waals surface area (Å²) >= 11 is 0. The Morgan fingerprint density at radius 1 is 1.11 bits per heavy atom. The molecule has 0 atom stereocenters. The number of methoxy groups -OCH3 is 1. The first-order chi connectivity index (χ1) is 13.0. The number of benzene rings is 2. The number of hydrogen-bond acceptors (Lipinski definition) is 3. The van der Waals surface area contributed by atoms with Gasteiger partial charge in [-0.25, -0.2) is 0 Å². The molecule has 0 aliphatic heterocycles. The molecular weight excluding hydrogens is 338 g/mol. The van der Waals surface area contributed by atoms with Gasteiger partial charge in [0, 0.05) is 5.56 Å². The van der Waals surface area contributed by atoms with E-state index in [9.17, 15) is 4.79 Å². The van der Waals surface area contributed by atoms with Crippen LogP contribution in [0.1, 0.15) is 39.8 Å². The first-order valence-corrected chi connectivity index (χ1v) is 9.09. The highest BCUT2D eigenvalue weighted by molar-refractivity contribution is 6.04. The van der Waals surface area contributed by atoms with E-state index in [4.69, 9.17) is 4.74 Å². The second-order valence-corrected chi connectivity index (χ2v) is 6.56. The molecule has 2 aromatic carbocycles. The molecule has 140 valence electrons. The van der Waals surface area contributed by atoms with Gasteiger partial charge in [0.1, 0.15) is 5.75 Å². The van der Waals surface area contributed by atoms with E-state index in [1.807, 2.05) is 67.1 Å². The Morgan fingerprint density at radius 2 is 1.85 bits per heavy atom. The van der Waals surface area contributed by atoms with E-state index < -0.39 is 0 Å². The van der Waals surface area contributed by atoms with Gasteiger partial charge in [0.15, 0.2) is 0 Å². The predicted molar refractivity (Wildman–Crippen MR) is 108 cm³/mol. The number of aromatic nitrogens is 2. The number of aryl methyl sites for hydroxylation is 2. The van der Waals surface area contributed by atoms with Gasteiger partial charge in [0.25, 0.3) is 5.91 Å². The summed E-state index contributed by atoms with van der Waals surface area (Å²) < 4.78 is 7.19. The Balaban J connectivity index is 1.79. The highest BCUT2D eigenvalue weighted by Gasteiger charge is 2.15. The number of carbonyl (C=O) groups excluding carboxylic acids is 1. The SMILES string of the molecule is CCc1ccc(C(=O)Nc2c(C)nn(Cc3cccc(OC)c3)c2C)cc1. The highest BCUT2D eigenvalue weighted by Crippen LogP contribution is 2.22. The zero-order chi connectivity index (χ0) is 19.4. The average Bonchev–Trinajstić information content (AvgIpc) is 2.95. The fraction of sp³-hybridized carbons (Fsp3) is 0.273. The van der Waals surface area contributed by atoms with Crippen molar-refractivity contribution in [1.29, 1.82) is 0 Å². The zero-order valence-corrected chi connectivity index (χ0v) is 16.2. The second-order valence-electron chi connectivity index (χ2n) is 6.56. The lowest BCUT2D eigenvalue weighted by molar-refractivity contribution is 0.102. The largest absolute Gasteiger partial charge is 0.497 e. The standard InChI is InChI=1S/C22H25N3O2/c1-5-17-9-11-19(12-10-17)22(26)23-21-15(2)24-25(16(21)3)14-18-7-6-8-20(13-18)27-4/h6-13H,5,14H2,1-4H3,(H,23,26). The minimum Gasteiger partial charge on any atom is -0.497 e. The lowest BCUT2D eigenvalue weighted by atomic mass is 10.1. The molecule has 0 radical (unpaired) electrons. The van der Waals surface area contributed by atoms with Gasteiger partial charge in [-0.3, -0.25) is 9.48 Å². The summed E-state index contributed by atoms with van der Waals surface area (Å²) in [6, 6.07) is 15.6. The maximum Gasteiger partial charge on any atom is 0.255 e. The van der Waals surface area contributed by atoms with Crippen molar-refractivity contribution in [3.63, 3.8) is 0 Å². The summed E-state index contributed by atoms with van der Waals surface area (Å²) in [5.41, 5.74) is 5.44. The molecule has 0 saturated carbocycles. The molecule has 0 spiro atoms. The lowest BCUT2D eigenvalue weighted by Crippen LogP contribution is -2.13. The van der Waals surface area contributed by atoms with Crippen LogP contribution in [0.5, 0.6) is 5.75 Å². The lowest BCUT2D eigenvalue weighted by Gasteiger charge is -2.09. The number of rotatable bonds is 6. The summed E-state index contributed by atoms with van der Waals surface area (Å²) in [6.07, 6.45) is 0.956. The van der Waals surface area contributed by atoms with Crippen LogP contribution in [0.2, 0.25) is 0 Å². The zero-order valence-electron chi connectivity index (χ0n) is 16.2. The topological polar surface area (TPSA) is 56.2 Å². The van der Waals surface area contributed by atoms with E-state index in [0.717, 1.165) is 34.8 Å². The number of nitrogens with zero attached hydrogens (tertiary/aromatic N) is 2. The Labute approximate surface area is 160 Å². The molecule has 27 heavy (non-hydrogen) atoms. The Morgan fingerprint density at radius 3 is 2.52 bits per heavy atom. The van der Waals surface area contributed by atoms with Crippen LogP contribution in [0.15, 0.2) is 48.5 Å². The van der Waals surface area contributed by atoms with Crippen LogP contribution in [0.25, 0.3) is 0 Å². The summed E-state index contributed by atoms with van der Waals surface area (Å²) in [5, 5.41) is 7.61. The van der Waals surface area contributed by atoms with Crippen molar-refractivity contribution in [3.8, 4) is 5.75 Å². The van der Waals surface area contributed by atoms with Gasteiger partial charge in [-0.15, -0.1) is 0 Å². The van der Waals surface area contributed by atoms with Crippen LogP contribution in [-0.2, 0) is 13.0 Å². The molecule has 1 amide bonds. The number of nitrogens with one attached hydrogen (secondary N) is 1. The molecule has 1 aromatic heterocycles. The third-order valence-corrected chi connectivity index (χ3v) is 4.71. The molecule has 0 unspecified atom stereocenters. The first kappa shape index (κ1) is 18.7. The van der Waals surface area contributed by atoms with Gasteiger partial charge in [-0.2, -0.15) is 5.10 Å². The van der Waals surface area contributed by atoms with Gasteiger partial charge in [-0.1, -0.05) is 31.2 Å². The van der Waals surface area contributed by atoms with Crippen molar-refractivity contribution in [2.75, 3.05) is 12.4 Å². The van der Waals surface area contributed by atoms with E-state index in [2.05, 4.69) is 17.3 Å². The van der Waals surface area contributed by atoms with Crippen molar-refractivity contribution >= 4 is 11.6 Å². The first-order valence-electron chi connectivity index (χ1n) is 9.09. The summed E-state index contributed by atoms with van der Waals surface area (Å²) in [7, 11) is 1.66. The summed E-state index contributed by atoms with van der Waals surface area (Å²) in [6.45, 7) is 6.59. The van der Waals surface area contributed by atoms with Crippen molar-refractivity contribution in [1.82, 2.24) is 9.78 Å². The van der Waals surface area contributed by atoms with Crippen LogP contribution in [-0.4, -0.2) is 22.8 Å². The molecule has 3 rings (SSSR count). The van der Waals surface area contributed by atoms with Crippen molar-refractivity contribution < 1.29 is 9.53 Å². The number of carbonyl (C=O) groups is 1. The van der Waals surface area contributed by atoms with E-state index in [-0.39, 0.29) is 5.91 Å². The normalized spacial score (nSPS) is 10.7. The Hall–Kier alpha value is -3.08. The summed E-state index contributed by atoms with van der Waals surface area (Å²) in [5.74, 6) is 0.697. The third kappa shape index (κ3) is 4.19. The van der Waals surface area contributed by atoms with Crippen molar-refractivity contribution in [2.45, 2.75) is 33.7 Å². The van der Waals surface area contributed by atoms with Crippen LogP contribution in [0.4, 0.5) is 5.69 Å². The van der Waals surface area contributed by atoms with E-state index in [0.29, 0.717) is 12.1 Å². The van der Waals surface area contributed by atoms with Crippen molar-refractivity contribution in [2.24, 2.45) is 0 Å². The average molecular weight is 363 g/mol. The van der Waals surface area contributed by atoms with Crippen LogP contribution < -0.4 is 10.1 Å². The Kier molecular flexibility index (Phi) is 5.60. The molecule has 0 fully saturated rings. The fourth-order valence-corrected chi connectivity index (χ4v) is 3.05. The van der Waals surface area contributed by atoms with E-state index in [1.165, 1.54) is 5.56 Å². The minimum absolute atomic E-state index is 0.121. The summed E-state index contributed by atoms with van der Waals surface area (Å²) in [4.78, 5) is 12.6. The Bertz CT molecular complexity index is 943. The van der Waals surface area contributed by atoms with Gasteiger partial charge in [0.05, 0.1) is 30.7 Å². The smallest absolute Gasteiger partial charge is 0.255 e. The van der Waals surface area contributed by atoms with Gasteiger partial charge in [-0.05, 0) is 55.7 Å². The molecule has 3 aromatic rings. The molecule has 5 heteroatoms. The molecule has 1 heterocycles. The molecular formula is C22H25N3O2. The van der Waals surface area contributed by atoms with Crippen molar-refractivity contribution in [3.05, 3.63) is 76.6 Å². The molecule has 0 saturated heterocycles. The van der Waals surface area contributed by atoms with E-state index >= 15 is 0 Å². The highest BCUT2D eigenvalue weighted by atomic mass is 16.5. The number of amides is 1. The monoisotopic (exact) mass is 363 g/mol. The number of ether oxygens (including phenoxy) is 1. The molecule has 0 aliphatic rings. The molecule has 0 aliphatic carbocycles. The third-order valence-electron chi connectivity index (χ3n) is 4.71. The maximum atomic E-state index is 12.6. The minimum atomic E-state index is -0.121. The van der Waals surface area contributed by atoms with E-state index in [1.54, 1.807) is 7.11 Å². The number of anilines is 1. The van der Waals surface area contributed by atoms with Gasteiger partial charge < -0.3 is 10.1 Å². The molecule has 0 bridgehead atoms.